The Morgan fingerprint density at radius 2 is 1.77 bits per heavy atom. The van der Waals surface area contributed by atoms with Crippen molar-refractivity contribution in [3.8, 4) is 17.0 Å². The third kappa shape index (κ3) is 4.36. The van der Waals surface area contributed by atoms with Gasteiger partial charge in [-0.1, -0.05) is 41.6 Å². The van der Waals surface area contributed by atoms with E-state index in [1.54, 1.807) is 6.07 Å². The van der Waals surface area contributed by atoms with Crippen LogP contribution in [0.25, 0.3) is 22.0 Å². The maximum absolute atomic E-state index is 13.7. The van der Waals surface area contributed by atoms with Crippen LogP contribution < -0.4 is 4.74 Å². The summed E-state index contributed by atoms with van der Waals surface area (Å²) in [6.07, 6.45) is -1.85. The summed E-state index contributed by atoms with van der Waals surface area (Å²) in [5.74, 6) is -3.81. The summed E-state index contributed by atoms with van der Waals surface area (Å²) < 4.78 is 54.1. The molecule has 0 amide bonds. The summed E-state index contributed by atoms with van der Waals surface area (Å²) >= 11 is 4.49. The molecule has 1 aliphatic heterocycles. The number of aromatic nitrogens is 3. The van der Waals surface area contributed by atoms with Gasteiger partial charge in [0.15, 0.2) is 23.6 Å². The normalized spacial score (nSPS) is 24.6. The maximum atomic E-state index is 13.7. The SMILES string of the molecule is OC[C@@H]1O[C@@H](S)[C@@H](Oc2cccc3ccccc23)[C@H](n2cc(-c3cc(F)c(F)c(F)c3)nn2)[C@@H]1O. The second-order valence-corrected chi connectivity index (χ2v) is 8.64. The smallest absolute Gasteiger partial charge is 0.194 e. The van der Waals surface area contributed by atoms with Gasteiger partial charge in [-0.15, -0.1) is 17.7 Å². The topological polar surface area (TPSA) is 89.6 Å². The molecule has 4 aromatic rings. The molecule has 3 aromatic carbocycles. The number of fused-ring (bicyclic) bond motifs is 1. The molecule has 0 spiro atoms. The molecule has 182 valence electrons. The number of hydrogen-bond acceptors (Lipinski definition) is 7. The number of nitrogens with zero attached hydrogens (tertiary/aromatic N) is 3. The Bertz CT molecular complexity index is 1340. The third-order valence-electron chi connectivity index (χ3n) is 5.95. The first kappa shape index (κ1) is 23.6. The predicted molar refractivity (Wildman–Crippen MR) is 123 cm³/mol. The van der Waals surface area contributed by atoms with E-state index in [1.165, 1.54) is 10.9 Å². The van der Waals surface area contributed by atoms with Gasteiger partial charge in [0.1, 0.15) is 35.1 Å². The van der Waals surface area contributed by atoms with E-state index >= 15 is 0 Å². The van der Waals surface area contributed by atoms with Gasteiger partial charge in [0, 0.05) is 10.9 Å². The van der Waals surface area contributed by atoms with Crippen LogP contribution in [0.1, 0.15) is 6.04 Å². The molecule has 0 aliphatic carbocycles. The monoisotopic (exact) mass is 503 g/mol. The minimum atomic E-state index is -1.59. The molecule has 35 heavy (non-hydrogen) atoms. The zero-order valence-corrected chi connectivity index (χ0v) is 18.9. The van der Waals surface area contributed by atoms with Crippen molar-refractivity contribution in [3.05, 3.63) is 78.2 Å². The fourth-order valence-corrected chi connectivity index (χ4v) is 4.60. The number of rotatable bonds is 5. The van der Waals surface area contributed by atoms with E-state index in [2.05, 4.69) is 22.9 Å². The third-order valence-corrected chi connectivity index (χ3v) is 6.37. The van der Waals surface area contributed by atoms with E-state index in [9.17, 15) is 23.4 Å². The summed E-state index contributed by atoms with van der Waals surface area (Å²) in [6, 6.07) is 13.7. The van der Waals surface area contributed by atoms with Crippen LogP contribution in [0, 0.1) is 17.5 Å². The average Bonchev–Trinajstić information content (AvgIpc) is 3.34. The second-order valence-electron chi connectivity index (χ2n) is 8.13. The molecule has 1 fully saturated rings. The van der Waals surface area contributed by atoms with Crippen molar-refractivity contribution in [2.24, 2.45) is 0 Å². The first-order valence-electron chi connectivity index (χ1n) is 10.7. The molecule has 2 heterocycles. The van der Waals surface area contributed by atoms with Crippen molar-refractivity contribution < 1.29 is 32.9 Å². The highest BCUT2D eigenvalue weighted by atomic mass is 32.1. The Hall–Kier alpha value is -3.12. The standard InChI is InChI=1S/C24H20F3N3O4S/c25-15-8-13(9-16(26)20(15)27)17-10-30(29-28-17)21-22(32)19(11-31)34-24(35)23(21)33-18-7-3-5-12-4-1-2-6-14(12)18/h1-10,19,21-24,31-32,35H,11H2/t19-,21+,22+,23-,24-/m0/s1. The van der Waals surface area contributed by atoms with Crippen LogP contribution >= 0.6 is 12.6 Å². The predicted octanol–water partition coefficient (Wildman–Crippen LogP) is 3.51. The fraction of sp³-hybridized carbons (Fsp3) is 0.250. The van der Waals surface area contributed by atoms with Crippen LogP contribution in [-0.2, 0) is 4.74 Å². The molecule has 5 rings (SSSR count). The second kappa shape index (κ2) is 9.50. The molecule has 0 bridgehead atoms. The zero-order valence-electron chi connectivity index (χ0n) is 18.0. The lowest BCUT2D eigenvalue weighted by Crippen LogP contribution is -2.56. The van der Waals surface area contributed by atoms with Crippen LogP contribution in [0.4, 0.5) is 13.2 Å². The molecule has 0 unspecified atom stereocenters. The molecule has 1 saturated heterocycles. The van der Waals surface area contributed by atoms with E-state index in [1.807, 2.05) is 36.4 Å². The quantitative estimate of drug-likeness (QED) is 0.285. The van der Waals surface area contributed by atoms with Gasteiger partial charge in [0.05, 0.1) is 12.8 Å². The van der Waals surface area contributed by atoms with Gasteiger partial charge >= 0.3 is 0 Å². The number of aliphatic hydroxyl groups is 2. The summed E-state index contributed by atoms with van der Waals surface area (Å²) in [5, 5.41) is 30.4. The Balaban J connectivity index is 1.54. The van der Waals surface area contributed by atoms with E-state index in [4.69, 9.17) is 9.47 Å². The van der Waals surface area contributed by atoms with Gasteiger partial charge in [0.2, 0.25) is 0 Å². The maximum Gasteiger partial charge on any atom is 0.194 e. The molecule has 0 saturated carbocycles. The number of hydrogen-bond donors (Lipinski definition) is 3. The van der Waals surface area contributed by atoms with Gasteiger partial charge in [-0.05, 0) is 23.6 Å². The first-order valence-corrected chi connectivity index (χ1v) is 11.2. The van der Waals surface area contributed by atoms with E-state index < -0.39 is 53.8 Å². The van der Waals surface area contributed by atoms with Crippen LogP contribution in [-0.4, -0.2) is 55.6 Å². The van der Waals surface area contributed by atoms with Gasteiger partial charge in [-0.3, -0.25) is 0 Å². The van der Waals surface area contributed by atoms with Crippen molar-refractivity contribution in [2.45, 2.75) is 29.8 Å². The minimum absolute atomic E-state index is 0.0400. The Morgan fingerprint density at radius 3 is 2.51 bits per heavy atom. The Morgan fingerprint density at radius 1 is 1.06 bits per heavy atom. The molecule has 7 nitrogen and oxygen atoms in total. The van der Waals surface area contributed by atoms with Crippen molar-refractivity contribution >= 4 is 23.4 Å². The zero-order chi connectivity index (χ0) is 24.7. The summed E-state index contributed by atoms with van der Waals surface area (Å²) in [6.45, 7) is -0.494. The lowest BCUT2D eigenvalue weighted by molar-refractivity contribution is -0.171. The average molecular weight is 504 g/mol. The van der Waals surface area contributed by atoms with Crippen LogP contribution in [0.3, 0.4) is 0 Å². The van der Waals surface area contributed by atoms with Gasteiger partial charge in [-0.25, -0.2) is 17.9 Å². The van der Waals surface area contributed by atoms with Gasteiger partial charge in [0.25, 0.3) is 0 Å². The highest BCUT2D eigenvalue weighted by Crippen LogP contribution is 2.37. The molecule has 11 heteroatoms. The highest BCUT2D eigenvalue weighted by Gasteiger charge is 2.47. The summed E-state index contributed by atoms with van der Waals surface area (Å²) in [7, 11) is 0. The molecule has 5 atom stereocenters. The number of ether oxygens (including phenoxy) is 2. The summed E-state index contributed by atoms with van der Waals surface area (Å²) in [5.41, 5.74) is -0.878. The lowest BCUT2D eigenvalue weighted by atomic mass is 9.97. The molecule has 2 N–H and O–H groups in total. The van der Waals surface area contributed by atoms with Gasteiger partial charge in [-0.2, -0.15) is 0 Å². The Kier molecular flexibility index (Phi) is 6.41. The summed E-state index contributed by atoms with van der Waals surface area (Å²) in [4.78, 5) is 0. The first-order chi connectivity index (χ1) is 16.9. The number of benzene rings is 3. The fourth-order valence-electron chi connectivity index (χ4n) is 4.21. The van der Waals surface area contributed by atoms with Gasteiger partial charge < -0.3 is 19.7 Å². The van der Waals surface area contributed by atoms with Crippen LogP contribution in [0.15, 0.2) is 60.8 Å². The molecule has 0 radical (unpaired) electrons. The lowest BCUT2D eigenvalue weighted by Gasteiger charge is -2.42. The number of aliphatic hydroxyl groups excluding tert-OH is 2. The largest absolute Gasteiger partial charge is 0.484 e. The van der Waals surface area contributed by atoms with Crippen molar-refractivity contribution in [1.29, 1.82) is 0 Å². The Labute approximate surface area is 203 Å². The molecule has 1 aliphatic rings. The van der Waals surface area contributed by atoms with E-state index in [0.717, 1.165) is 22.9 Å². The number of thiol groups is 1. The van der Waals surface area contributed by atoms with E-state index in [-0.39, 0.29) is 11.3 Å². The molecular weight excluding hydrogens is 483 g/mol. The highest BCUT2D eigenvalue weighted by molar-refractivity contribution is 7.80. The van der Waals surface area contributed by atoms with E-state index in [0.29, 0.717) is 5.75 Å². The van der Waals surface area contributed by atoms with Crippen molar-refractivity contribution in [3.63, 3.8) is 0 Å². The van der Waals surface area contributed by atoms with Crippen molar-refractivity contribution in [1.82, 2.24) is 15.0 Å². The molecule has 1 aromatic heterocycles. The van der Waals surface area contributed by atoms with Crippen LogP contribution in [0.2, 0.25) is 0 Å². The molecular formula is C24H20F3N3O4S. The van der Waals surface area contributed by atoms with Crippen LogP contribution in [0.5, 0.6) is 5.75 Å². The minimum Gasteiger partial charge on any atom is -0.484 e. The van der Waals surface area contributed by atoms with Crippen molar-refractivity contribution in [2.75, 3.05) is 6.61 Å². The number of halogens is 3.